The summed E-state index contributed by atoms with van der Waals surface area (Å²) >= 11 is 0. The van der Waals surface area contributed by atoms with Crippen LogP contribution < -0.4 is 15.0 Å². The van der Waals surface area contributed by atoms with Crippen molar-refractivity contribution in [2.45, 2.75) is 25.0 Å². The van der Waals surface area contributed by atoms with Crippen molar-refractivity contribution in [1.29, 1.82) is 15.9 Å². The number of nitrogens with zero attached hydrogens (tertiary/aromatic N) is 7. The van der Waals surface area contributed by atoms with Gasteiger partial charge in [0, 0.05) is 86.8 Å². The summed E-state index contributed by atoms with van der Waals surface area (Å²) in [4.78, 5) is 16.2. The molecule has 0 aliphatic carbocycles. The van der Waals surface area contributed by atoms with Crippen LogP contribution in [0.2, 0.25) is 0 Å². The first-order valence-electron chi connectivity index (χ1n) is 13.0. The second kappa shape index (κ2) is 10.2. The van der Waals surface area contributed by atoms with Gasteiger partial charge in [-0.2, -0.15) is 10.5 Å². The van der Waals surface area contributed by atoms with E-state index in [2.05, 4.69) is 43.2 Å². The minimum atomic E-state index is 0.0384. The van der Waals surface area contributed by atoms with Gasteiger partial charge in [-0.05, 0) is 30.2 Å². The van der Waals surface area contributed by atoms with E-state index < -0.39 is 0 Å². The molecule has 2 aromatic heterocycles. The van der Waals surface area contributed by atoms with E-state index in [1.807, 2.05) is 42.9 Å². The molecule has 196 valence electrons. The predicted octanol–water partition coefficient (Wildman–Crippen LogP) is 2.66. The normalized spacial score (nSPS) is 23.7. The van der Waals surface area contributed by atoms with E-state index in [0.29, 0.717) is 36.8 Å². The van der Waals surface area contributed by atoms with Crippen molar-refractivity contribution in [1.82, 2.24) is 25.1 Å². The van der Waals surface area contributed by atoms with E-state index in [-0.39, 0.29) is 11.5 Å². The van der Waals surface area contributed by atoms with Crippen LogP contribution in [-0.4, -0.2) is 71.4 Å². The van der Waals surface area contributed by atoms with Crippen LogP contribution in [-0.2, 0) is 6.54 Å². The van der Waals surface area contributed by atoms with E-state index in [1.54, 1.807) is 7.11 Å². The fourth-order valence-corrected chi connectivity index (χ4v) is 5.75. The zero-order valence-corrected chi connectivity index (χ0v) is 21.7. The van der Waals surface area contributed by atoms with Crippen LogP contribution in [0.3, 0.4) is 0 Å². The van der Waals surface area contributed by atoms with Crippen LogP contribution in [0.25, 0.3) is 5.57 Å². The Morgan fingerprint density at radius 2 is 1.92 bits per heavy atom. The van der Waals surface area contributed by atoms with E-state index in [1.165, 1.54) is 12.0 Å². The maximum absolute atomic E-state index is 9.59. The Labute approximate surface area is 227 Å². The molecule has 5 aliphatic rings. The van der Waals surface area contributed by atoms with Crippen molar-refractivity contribution in [3.8, 4) is 18.0 Å². The molecule has 0 amide bonds. The Balaban J connectivity index is 1.16. The number of piperidine rings is 1. The Morgan fingerprint density at radius 3 is 2.54 bits per heavy atom. The summed E-state index contributed by atoms with van der Waals surface area (Å²) in [5.41, 5.74) is 4.67. The average molecular weight is 520 g/mol. The second-order valence-corrected chi connectivity index (χ2v) is 10.3. The Morgan fingerprint density at radius 1 is 1.10 bits per heavy atom. The summed E-state index contributed by atoms with van der Waals surface area (Å²) in [6.45, 7) is 4.11. The quantitative estimate of drug-likeness (QED) is 0.419. The summed E-state index contributed by atoms with van der Waals surface area (Å²) in [6, 6.07) is 13.5. The molecule has 4 saturated heterocycles. The number of hydrogen-bond donors (Lipinski definition) is 2. The highest BCUT2D eigenvalue weighted by Crippen LogP contribution is 2.36. The minimum Gasteiger partial charge on any atom is -0.481 e. The molecule has 10 heteroatoms. The lowest BCUT2D eigenvalue weighted by atomic mass is 9.87. The molecule has 2 aromatic rings. The standard InChI is InChI=1S/C29H29N9O/c1-39-28-5-2-19(11-34-28)16-38-24-6-25(38)18-37(17-24)27-4-3-21(12-33-27)26-7-23(36-14-20(8-30)15-36)13-35-29(26)22(9-31)10-32/h2-5,7,9,11-13,20,24-25,31,35H,6,14-18H2,1H3/b29-22+,31-9?. The van der Waals surface area contributed by atoms with Crippen molar-refractivity contribution < 1.29 is 4.74 Å². The fraction of sp³-hybridized carbons (Fsp3) is 0.345. The van der Waals surface area contributed by atoms with Gasteiger partial charge in [0.15, 0.2) is 0 Å². The lowest BCUT2D eigenvalue weighted by Gasteiger charge is -2.56. The summed E-state index contributed by atoms with van der Waals surface area (Å²) in [5.74, 6) is 1.61. The average Bonchev–Trinajstić information content (AvgIpc) is 2.97. The SMILES string of the molecule is COc1ccc(CN2C3CC2CN(c2ccc(C4=CC(N5CC(C#N)C5)=CN/C4=C(/C#N)C=N)cn2)C3)cn1. The maximum Gasteiger partial charge on any atom is 0.212 e. The van der Waals surface area contributed by atoms with Gasteiger partial charge in [0.1, 0.15) is 11.9 Å². The molecule has 39 heavy (non-hydrogen) atoms. The first kappa shape index (κ1) is 24.7. The molecule has 5 aliphatic heterocycles. The van der Waals surface area contributed by atoms with Gasteiger partial charge in [-0.1, -0.05) is 6.07 Å². The highest BCUT2D eigenvalue weighted by molar-refractivity contribution is 5.93. The lowest BCUT2D eigenvalue weighted by Crippen LogP contribution is -2.68. The van der Waals surface area contributed by atoms with Gasteiger partial charge in [0.2, 0.25) is 5.88 Å². The Hall–Kier alpha value is -4.67. The number of ether oxygens (including phenoxy) is 1. The molecule has 2 N–H and O–H groups in total. The van der Waals surface area contributed by atoms with Gasteiger partial charge >= 0.3 is 0 Å². The van der Waals surface area contributed by atoms with Crippen LogP contribution in [0.5, 0.6) is 5.88 Å². The van der Waals surface area contributed by atoms with Gasteiger partial charge in [0.25, 0.3) is 0 Å². The molecule has 10 nitrogen and oxygen atoms in total. The topological polar surface area (TPSA) is 128 Å². The largest absolute Gasteiger partial charge is 0.481 e. The monoisotopic (exact) mass is 519 g/mol. The first-order valence-corrected chi connectivity index (χ1v) is 13.0. The summed E-state index contributed by atoms with van der Waals surface area (Å²) in [5, 5.41) is 29.7. The number of allylic oxidation sites excluding steroid dienone is 3. The third-order valence-corrected chi connectivity index (χ3v) is 7.99. The number of anilines is 1. The van der Waals surface area contributed by atoms with Crippen LogP contribution in [0.15, 0.2) is 65.9 Å². The zero-order valence-electron chi connectivity index (χ0n) is 21.7. The second-order valence-electron chi connectivity index (χ2n) is 10.3. The molecule has 2 atom stereocenters. The number of nitriles is 2. The molecule has 0 spiro atoms. The number of nitrogens with one attached hydrogen (secondary N) is 2. The van der Waals surface area contributed by atoms with Gasteiger partial charge in [-0.3, -0.25) is 4.90 Å². The van der Waals surface area contributed by atoms with Crippen molar-refractivity contribution >= 4 is 17.6 Å². The Bertz CT molecular complexity index is 1430. The number of rotatable bonds is 7. The highest BCUT2D eigenvalue weighted by atomic mass is 16.5. The van der Waals surface area contributed by atoms with Gasteiger partial charge in [-0.25, -0.2) is 9.97 Å². The van der Waals surface area contributed by atoms with E-state index in [4.69, 9.17) is 20.4 Å². The van der Waals surface area contributed by atoms with Gasteiger partial charge < -0.3 is 25.3 Å². The molecular formula is C29H29N9O. The van der Waals surface area contributed by atoms with Gasteiger partial charge in [0.05, 0.1) is 36.1 Å². The summed E-state index contributed by atoms with van der Waals surface area (Å²) < 4.78 is 5.17. The number of piperazine rings is 1. The van der Waals surface area contributed by atoms with Crippen molar-refractivity contribution in [2.24, 2.45) is 5.92 Å². The Kier molecular flexibility index (Phi) is 6.47. The van der Waals surface area contributed by atoms with E-state index in [9.17, 15) is 5.26 Å². The van der Waals surface area contributed by atoms with Crippen molar-refractivity contribution in [3.63, 3.8) is 0 Å². The number of hydrogen-bond acceptors (Lipinski definition) is 10. The van der Waals surface area contributed by atoms with Crippen molar-refractivity contribution in [3.05, 3.63) is 77.0 Å². The van der Waals surface area contributed by atoms with E-state index in [0.717, 1.165) is 48.5 Å². The van der Waals surface area contributed by atoms with Crippen LogP contribution in [0.1, 0.15) is 17.5 Å². The molecular weight excluding hydrogens is 490 g/mol. The predicted molar refractivity (Wildman–Crippen MR) is 146 cm³/mol. The molecule has 7 heterocycles. The zero-order chi connectivity index (χ0) is 26.9. The molecule has 2 unspecified atom stereocenters. The maximum atomic E-state index is 9.59. The molecule has 4 fully saturated rings. The minimum absolute atomic E-state index is 0.0384. The van der Waals surface area contributed by atoms with Gasteiger partial charge in [-0.15, -0.1) is 0 Å². The van der Waals surface area contributed by atoms with Crippen molar-refractivity contribution in [2.75, 3.05) is 38.2 Å². The highest BCUT2D eigenvalue weighted by Gasteiger charge is 2.44. The lowest BCUT2D eigenvalue weighted by molar-refractivity contribution is -0.00877. The molecule has 7 rings (SSSR count). The molecule has 0 saturated carbocycles. The number of aromatic nitrogens is 2. The smallest absolute Gasteiger partial charge is 0.212 e. The first-order chi connectivity index (χ1) is 19.1. The summed E-state index contributed by atoms with van der Waals surface area (Å²) in [7, 11) is 1.63. The fourth-order valence-electron chi connectivity index (χ4n) is 5.75. The molecule has 0 aromatic carbocycles. The van der Waals surface area contributed by atoms with Crippen LogP contribution in [0, 0.1) is 34.0 Å². The molecule has 2 bridgehead atoms. The van der Waals surface area contributed by atoms with Crippen LogP contribution in [0.4, 0.5) is 5.82 Å². The number of likely N-dealkylation sites (tertiary alicyclic amines) is 1. The third kappa shape index (κ3) is 4.60. The number of fused-ring (bicyclic) bond motifs is 2. The number of dihydropyridines is 1. The van der Waals surface area contributed by atoms with E-state index >= 15 is 0 Å². The van der Waals surface area contributed by atoms with Crippen LogP contribution >= 0.6 is 0 Å². The molecule has 0 radical (unpaired) electrons. The third-order valence-electron chi connectivity index (χ3n) is 7.99. The summed E-state index contributed by atoms with van der Waals surface area (Å²) in [6.07, 6.45) is 9.86. The number of methoxy groups -OCH3 is 1. The number of pyridine rings is 2.